The van der Waals surface area contributed by atoms with Crippen LogP contribution in [0.3, 0.4) is 0 Å². The number of nitrogens with two attached hydrogens (primary N) is 1. The van der Waals surface area contributed by atoms with Crippen LogP contribution in [0, 0.1) is 0 Å². The van der Waals surface area contributed by atoms with Crippen molar-refractivity contribution in [2.45, 2.75) is 32.2 Å². The van der Waals surface area contributed by atoms with Gasteiger partial charge in [-0.15, -0.1) is 0 Å². The molecule has 0 saturated carbocycles. The third-order valence-electron chi connectivity index (χ3n) is 4.50. The second-order valence-corrected chi connectivity index (χ2v) is 6.30. The Labute approximate surface area is 139 Å². The molecule has 0 aromatic carbocycles. The van der Waals surface area contributed by atoms with Gasteiger partial charge in [-0.3, -0.25) is 18.5 Å². The van der Waals surface area contributed by atoms with E-state index in [1.54, 1.807) is 11.6 Å². The van der Waals surface area contributed by atoms with Crippen LogP contribution in [0.25, 0.3) is 17.4 Å². The molecule has 24 heavy (non-hydrogen) atoms. The van der Waals surface area contributed by atoms with E-state index in [9.17, 15) is 9.59 Å². The van der Waals surface area contributed by atoms with E-state index in [2.05, 4.69) is 9.88 Å². The van der Waals surface area contributed by atoms with E-state index in [1.807, 2.05) is 19.2 Å². The van der Waals surface area contributed by atoms with Crippen LogP contribution in [-0.2, 0) is 14.1 Å². The van der Waals surface area contributed by atoms with Crippen LogP contribution in [0.4, 0.5) is 5.95 Å². The van der Waals surface area contributed by atoms with Crippen LogP contribution in [0.5, 0.6) is 0 Å². The quantitative estimate of drug-likeness (QED) is 0.869. The van der Waals surface area contributed by atoms with Gasteiger partial charge in [-0.1, -0.05) is 13.0 Å². The molecule has 8 nitrogen and oxygen atoms in total. The lowest BCUT2D eigenvalue weighted by Crippen LogP contribution is -2.43. The second kappa shape index (κ2) is 6.27. The number of fused-ring (bicyclic) bond motifs is 1. The highest BCUT2D eigenvalue weighted by Crippen LogP contribution is 2.23. The Bertz CT molecular complexity index is 904. The molecule has 3 heterocycles. The highest BCUT2D eigenvalue weighted by Gasteiger charge is 2.24. The summed E-state index contributed by atoms with van der Waals surface area (Å²) in [5.41, 5.74) is 6.20. The number of allylic oxidation sites excluding steroid dienone is 1. The fourth-order valence-electron chi connectivity index (χ4n) is 3.17. The predicted octanol–water partition coefficient (Wildman–Crippen LogP) is 0.242. The Balaban J connectivity index is 2.31. The van der Waals surface area contributed by atoms with E-state index in [0.29, 0.717) is 23.7 Å². The van der Waals surface area contributed by atoms with Gasteiger partial charge >= 0.3 is 5.69 Å². The summed E-state index contributed by atoms with van der Waals surface area (Å²) in [7, 11) is 3.12. The molecule has 1 atom stereocenters. The SMILES string of the molecule is CC/C=C/n1c(N2CCCC(N)C2)nc2c1c(=O)n(C)c(=O)n2C. The van der Waals surface area contributed by atoms with Crippen LogP contribution in [0.2, 0.25) is 0 Å². The van der Waals surface area contributed by atoms with Gasteiger partial charge in [0.25, 0.3) is 5.56 Å². The molecular weight excluding hydrogens is 308 g/mol. The zero-order valence-electron chi connectivity index (χ0n) is 14.4. The Morgan fingerprint density at radius 1 is 1.29 bits per heavy atom. The molecule has 0 radical (unpaired) electrons. The van der Waals surface area contributed by atoms with Crippen molar-refractivity contribution < 1.29 is 0 Å². The maximum Gasteiger partial charge on any atom is 0.332 e. The van der Waals surface area contributed by atoms with Gasteiger partial charge in [-0.2, -0.15) is 4.98 Å². The number of anilines is 1. The highest BCUT2D eigenvalue weighted by atomic mass is 16.2. The zero-order valence-corrected chi connectivity index (χ0v) is 14.4. The number of hydrogen-bond donors (Lipinski definition) is 1. The summed E-state index contributed by atoms with van der Waals surface area (Å²) in [6.07, 6.45) is 6.64. The molecule has 0 spiro atoms. The predicted molar refractivity (Wildman–Crippen MR) is 95.3 cm³/mol. The lowest BCUT2D eigenvalue weighted by Gasteiger charge is -2.31. The topological polar surface area (TPSA) is 91.1 Å². The second-order valence-electron chi connectivity index (χ2n) is 6.30. The van der Waals surface area contributed by atoms with E-state index >= 15 is 0 Å². The van der Waals surface area contributed by atoms with Gasteiger partial charge in [0, 0.05) is 39.4 Å². The number of piperidine rings is 1. The van der Waals surface area contributed by atoms with Crippen molar-refractivity contribution in [3.05, 3.63) is 26.9 Å². The minimum Gasteiger partial charge on any atom is -0.340 e. The molecule has 130 valence electrons. The average Bonchev–Trinajstić information content (AvgIpc) is 2.95. The number of hydrogen-bond acceptors (Lipinski definition) is 5. The summed E-state index contributed by atoms with van der Waals surface area (Å²) in [5.74, 6) is 0.670. The van der Waals surface area contributed by atoms with Crippen LogP contribution in [-0.4, -0.2) is 37.8 Å². The van der Waals surface area contributed by atoms with Gasteiger partial charge in [-0.05, 0) is 19.3 Å². The van der Waals surface area contributed by atoms with Crippen molar-refractivity contribution in [3.8, 4) is 0 Å². The van der Waals surface area contributed by atoms with Gasteiger partial charge in [0.15, 0.2) is 11.2 Å². The monoisotopic (exact) mass is 332 g/mol. The van der Waals surface area contributed by atoms with E-state index in [1.165, 1.54) is 11.6 Å². The summed E-state index contributed by atoms with van der Waals surface area (Å²) in [6, 6.07) is 0.0915. The van der Waals surface area contributed by atoms with E-state index in [4.69, 9.17) is 5.73 Å². The molecule has 8 heteroatoms. The summed E-state index contributed by atoms with van der Waals surface area (Å²) in [6.45, 7) is 3.56. The Morgan fingerprint density at radius 3 is 2.71 bits per heavy atom. The molecule has 0 amide bonds. The minimum atomic E-state index is -0.376. The van der Waals surface area contributed by atoms with Crippen molar-refractivity contribution in [1.29, 1.82) is 0 Å². The van der Waals surface area contributed by atoms with Crippen molar-refractivity contribution >= 4 is 23.3 Å². The zero-order chi connectivity index (χ0) is 17.4. The number of nitrogens with zero attached hydrogens (tertiary/aromatic N) is 5. The molecule has 1 saturated heterocycles. The molecule has 2 N–H and O–H groups in total. The number of aromatic nitrogens is 4. The summed E-state index contributed by atoms with van der Waals surface area (Å²) in [4.78, 5) is 31.6. The molecule has 0 aliphatic carbocycles. The fourth-order valence-corrected chi connectivity index (χ4v) is 3.17. The van der Waals surface area contributed by atoms with Crippen molar-refractivity contribution in [2.24, 2.45) is 19.8 Å². The minimum absolute atomic E-state index is 0.0915. The number of aryl methyl sites for hydroxylation is 1. The van der Waals surface area contributed by atoms with E-state index in [-0.39, 0.29) is 17.3 Å². The smallest absolute Gasteiger partial charge is 0.332 e. The van der Waals surface area contributed by atoms with Crippen LogP contribution >= 0.6 is 0 Å². The lowest BCUT2D eigenvalue weighted by atomic mass is 10.1. The van der Waals surface area contributed by atoms with E-state index < -0.39 is 0 Å². The van der Waals surface area contributed by atoms with Crippen LogP contribution in [0.1, 0.15) is 26.2 Å². The van der Waals surface area contributed by atoms with Gasteiger partial charge < -0.3 is 10.6 Å². The van der Waals surface area contributed by atoms with Gasteiger partial charge in [-0.25, -0.2) is 4.79 Å². The fraction of sp³-hybridized carbons (Fsp3) is 0.562. The molecular formula is C16H24N6O2. The molecule has 1 aliphatic rings. The normalized spacial score (nSPS) is 18.8. The average molecular weight is 332 g/mol. The molecule has 3 rings (SSSR count). The Hall–Kier alpha value is -2.35. The number of rotatable bonds is 3. The molecule has 1 unspecified atom stereocenters. The highest BCUT2D eigenvalue weighted by molar-refractivity contribution is 5.77. The van der Waals surface area contributed by atoms with Crippen molar-refractivity contribution in [1.82, 2.24) is 18.7 Å². The third-order valence-corrected chi connectivity index (χ3v) is 4.50. The van der Waals surface area contributed by atoms with Crippen LogP contribution in [0.15, 0.2) is 15.7 Å². The summed E-state index contributed by atoms with van der Waals surface area (Å²) < 4.78 is 4.32. The van der Waals surface area contributed by atoms with E-state index in [0.717, 1.165) is 30.4 Å². The first-order valence-corrected chi connectivity index (χ1v) is 8.30. The molecule has 2 aromatic heterocycles. The Kier molecular flexibility index (Phi) is 4.31. The first-order chi connectivity index (χ1) is 11.5. The Morgan fingerprint density at radius 2 is 2.04 bits per heavy atom. The largest absolute Gasteiger partial charge is 0.340 e. The third kappa shape index (κ3) is 2.56. The molecule has 2 aromatic rings. The summed E-state index contributed by atoms with van der Waals surface area (Å²) >= 11 is 0. The lowest BCUT2D eigenvalue weighted by molar-refractivity contribution is 0.499. The van der Waals surface area contributed by atoms with Gasteiger partial charge in [0.05, 0.1) is 0 Å². The molecule has 1 fully saturated rings. The molecule has 0 bridgehead atoms. The standard InChI is InChI=1S/C16H24N6O2/c1-4-5-9-22-12-13(19(2)16(24)20(3)14(12)23)18-15(22)21-8-6-7-11(17)10-21/h5,9,11H,4,6-8,10,17H2,1-3H3/b9-5+. The first-order valence-electron chi connectivity index (χ1n) is 8.30. The van der Waals surface area contributed by atoms with Gasteiger partial charge in [0.1, 0.15) is 0 Å². The number of imidazole rings is 1. The maximum atomic E-state index is 12.7. The van der Waals surface area contributed by atoms with Crippen LogP contribution < -0.4 is 21.9 Å². The maximum absolute atomic E-state index is 12.7. The molecule has 1 aliphatic heterocycles. The summed E-state index contributed by atoms with van der Waals surface area (Å²) in [5, 5.41) is 0. The van der Waals surface area contributed by atoms with Gasteiger partial charge in [0.2, 0.25) is 5.95 Å². The first kappa shape index (κ1) is 16.5. The van der Waals surface area contributed by atoms with Crippen molar-refractivity contribution in [2.75, 3.05) is 18.0 Å². The van der Waals surface area contributed by atoms with Crippen molar-refractivity contribution in [3.63, 3.8) is 0 Å².